The molecule has 0 aliphatic heterocycles. The first-order valence-corrected chi connectivity index (χ1v) is 4.38. The van der Waals surface area contributed by atoms with E-state index in [-0.39, 0.29) is 5.92 Å². The standard InChI is InChI=1S/C9H16O5/c1-4(2)6(9(13)14)8(12)7(11)5(3)10/h4,6-8,11-12H,1-3H3,(H,13,14). The second-order valence-corrected chi connectivity index (χ2v) is 3.65. The second kappa shape index (κ2) is 5.07. The zero-order valence-electron chi connectivity index (χ0n) is 8.47. The van der Waals surface area contributed by atoms with Crippen molar-refractivity contribution in [2.75, 3.05) is 0 Å². The Kier molecular flexibility index (Phi) is 4.73. The summed E-state index contributed by atoms with van der Waals surface area (Å²) < 4.78 is 0. The zero-order valence-corrected chi connectivity index (χ0v) is 8.47. The summed E-state index contributed by atoms with van der Waals surface area (Å²) in [5.41, 5.74) is 0. The van der Waals surface area contributed by atoms with E-state index in [9.17, 15) is 19.8 Å². The Labute approximate surface area is 82.4 Å². The second-order valence-electron chi connectivity index (χ2n) is 3.65. The fourth-order valence-corrected chi connectivity index (χ4v) is 1.26. The number of carbonyl (C=O) groups is 2. The lowest BCUT2D eigenvalue weighted by molar-refractivity contribution is -0.154. The highest BCUT2D eigenvalue weighted by Gasteiger charge is 2.36. The van der Waals surface area contributed by atoms with Crippen LogP contribution in [0.25, 0.3) is 0 Å². The van der Waals surface area contributed by atoms with Crippen molar-refractivity contribution in [3.8, 4) is 0 Å². The topological polar surface area (TPSA) is 94.8 Å². The molecular formula is C9H16O5. The molecule has 0 saturated carbocycles. The molecule has 5 nitrogen and oxygen atoms in total. The molecule has 0 spiro atoms. The summed E-state index contributed by atoms with van der Waals surface area (Å²) in [6.45, 7) is 4.32. The van der Waals surface area contributed by atoms with Crippen molar-refractivity contribution in [2.24, 2.45) is 11.8 Å². The highest BCUT2D eigenvalue weighted by Crippen LogP contribution is 2.18. The van der Waals surface area contributed by atoms with Crippen molar-refractivity contribution >= 4 is 11.8 Å². The average molecular weight is 204 g/mol. The van der Waals surface area contributed by atoms with Crippen LogP contribution in [-0.4, -0.2) is 39.3 Å². The molecule has 3 N–H and O–H groups in total. The van der Waals surface area contributed by atoms with E-state index in [4.69, 9.17) is 5.11 Å². The summed E-state index contributed by atoms with van der Waals surface area (Å²) in [6, 6.07) is 0. The molecule has 0 aliphatic carbocycles. The molecule has 14 heavy (non-hydrogen) atoms. The lowest BCUT2D eigenvalue weighted by Gasteiger charge is -2.24. The number of aliphatic carboxylic acids is 1. The Morgan fingerprint density at radius 3 is 1.79 bits per heavy atom. The number of hydrogen-bond acceptors (Lipinski definition) is 4. The van der Waals surface area contributed by atoms with Gasteiger partial charge in [0.2, 0.25) is 0 Å². The fraction of sp³-hybridized carbons (Fsp3) is 0.778. The highest BCUT2D eigenvalue weighted by molar-refractivity contribution is 5.82. The van der Waals surface area contributed by atoms with Crippen LogP contribution < -0.4 is 0 Å². The first-order chi connectivity index (χ1) is 6.29. The van der Waals surface area contributed by atoms with Crippen molar-refractivity contribution in [3.05, 3.63) is 0 Å². The molecule has 3 atom stereocenters. The number of rotatable bonds is 5. The van der Waals surface area contributed by atoms with Crippen LogP contribution in [0, 0.1) is 11.8 Å². The number of carboxylic acids is 1. The van der Waals surface area contributed by atoms with Crippen LogP contribution >= 0.6 is 0 Å². The molecular weight excluding hydrogens is 188 g/mol. The minimum absolute atomic E-state index is 0.350. The van der Waals surface area contributed by atoms with Gasteiger partial charge in [0.05, 0.1) is 5.92 Å². The first kappa shape index (κ1) is 13.1. The van der Waals surface area contributed by atoms with Gasteiger partial charge in [0.15, 0.2) is 5.78 Å². The summed E-state index contributed by atoms with van der Waals surface area (Å²) in [5.74, 6) is -3.33. The van der Waals surface area contributed by atoms with Gasteiger partial charge in [-0.1, -0.05) is 13.8 Å². The van der Waals surface area contributed by atoms with Crippen molar-refractivity contribution in [1.29, 1.82) is 0 Å². The van der Waals surface area contributed by atoms with Crippen molar-refractivity contribution in [3.63, 3.8) is 0 Å². The molecule has 0 amide bonds. The number of aliphatic hydroxyl groups is 2. The number of ketones is 1. The molecule has 82 valence electrons. The van der Waals surface area contributed by atoms with Gasteiger partial charge >= 0.3 is 5.97 Å². The molecule has 0 fully saturated rings. The minimum Gasteiger partial charge on any atom is -0.481 e. The maximum absolute atomic E-state index is 10.7. The summed E-state index contributed by atoms with van der Waals surface area (Å²) >= 11 is 0. The monoisotopic (exact) mass is 204 g/mol. The number of aliphatic hydroxyl groups excluding tert-OH is 2. The average Bonchev–Trinajstić information content (AvgIpc) is 2.01. The smallest absolute Gasteiger partial charge is 0.309 e. The van der Waals surface area contributed by atoms with Crippen LogP contribution in [0.15, 0.2) is 0 Å². The van der Waals surface area contributed by atoms with E-state index in [1.165, 1.54) is 0 Å². The molecule has 0 rings (SSSR count). The van der Waals surface area contributed by atoms with E-state index < -0.39 is 29.9 Å². The van der Waals surface area contributed by atoms with E-state index in [0.717, 1.165) is 6.92 Å². The van der Waals surface area contributed by atoms with E-state index in [0.29, 0.717) is 0 Å². The van der Waals surface area contributed by atoms with Crippen LogP contribution in [0.1, 0.15) is 20.8 Å². The van der Waals surface area contributed by atoms with E-state index in [1.54, 1.807) is 13.8 Å². The molecule has 0 heterocycles. The molecule has 5 heteroatoms. The summed E-state index contributed by atoms with van der Waals surface area (Å²) in [4.78, 5) is 21.5. The molecule has 0 bridgehead atoms. The Hall–Kier alpha value is -0.940. The minimum atomic E-state index is -1.63. The Morgan fingerprint density at radius 2 is 1.57 bits per heavy atom. The van der Waals surface area contributed by atoms with Gasteiger partial charge in [-0.3, -0.25) is 9.59 Å². The summed E-state index contributed by atoms with van der Waals surface area (Å²) in [5, 5.41) is 27.4. The predicted octanol–water partition coefficient (Wildman–Crippen LogP) is -0.346. The first-order valence-electron chi connectivity index (χ1n) is 4.38. The van der Waals surface area contributed by atoms with Gasteiger partial charge in [0.1, 0.15) is 12.2 Å². The van der Waals surface area contributed by atoms with Crippen LogP contribution in [-0.2, 0) is 9.59 Å². The summed E-state index contributed by atoms with van der Waals surface area (Å²) in [6.07, 6.45) is -3.18. The molecule has 0 aromatic carbocycles. The van der Waals surface area contributed by atoms with E-state index in [1.807, 2.05) is 0 Å². The fourth-order valence-electron chi connectivity index (χ4n) is 1.26. The van der Waals surface area contributed by atoms with Gasteiger partial charge in [-0.25, -0.2) is 0 Å². The van der Waals surface area contributed by atoms with Gasteiger partial charge in [-0.2, -0.15) is 0 Å². The van der Waals surface area contributed by atoms with Crippen LogP contribution in [0.3, 0.4) is 0 Å². The molecule has 0 aromatic heterocycles. The maximum atomic E-state index is 10.7. The SMILES string of the molecule is CC(=O)C(O)C(O)C(C(=O)O)C(C)C. The number of hydrogen-bond donors (Lipinski definition) is 3. The van der Waals surface area contributed by atoms with Crippen LogP contribution in [0.4, 0.5) is 0 Å². The third kappa shape index (κ3) is 3.08. The highest BCUT2D eigenvalue weighted by atomic mass is 16.4. The molecule has 3 unspecified atom stereocenters. The van der Waals surface area contributed by atoms with Gasteiger partial charge in [-0.15, -0.1) is 0 Å². The quantitative estimate of drug-likeness (QED) is 0.569. The number of Topliss-reactive ketones (excluding diaryl/α,β-unsaturated/α-hetero) is 1. The third-order valence-corrected chi connectivity index (χ3v) is 2.11. The molecule has 0 aromatic rings. The Bertz CT molecular complexity index is 223. The third-order valence-electron chi connectivity index (χ3n) is 2.11. The lowest BCUT2D eigenvalue weighted by atomic mass is 9.86. The van der Waals surface area contributed by atoms with Crippen LogP contribution in [0.5, 0.6) is 0 Å². The summed E-state index contributed by atoms with van der Waals surface area (Å²) in [7, 11) is 0. The number of carboxylic acid groups (broad SMARTS) is 1. The van der Waals surface area contributed by atoms with Gasteiger partial charge in [-0.05, 0) is 12.8 Å². The largest absolute Gasteiger partial charge is 0.481 e. The van der Waals surface area contributed by atoms with Crippen molar-refractivity contribution in [2.45, 2.75) is 33.0 Å². The lowest BCUT2D eigenvalue weighted by Crippen LogP contribution is -2.43. The molecule has 0 saturated heterocycles. The zero-order chi connectivity index (χ0) is 11.5. The van der Waals surface area contributed by atoms with E-state index >= 15 is 0 Å². The predicted molar refractivity (Wildman–Crippen MR) is 48.7 cm³/mol. The van der Waals surface area contributed by atoms with Crippen molar-refractivity contribution < 1.29 is 24.9 Å². The van der Waals surface area contributed by atoms with Crippen molar-refractivity contribution in [1.82, 2.24) is 0 Å². The van der Waals surface area contributed by atoms with Gasteiger partial charge in [0, 0.05) is 0 Å². The Balaban J connectivity index is 4.68. The van der Waals surface area contributed by atoms with E-state index in [2.05, 4.69) is 0 Å². The van der Waals surface area contributed by atoms with Gasteiger partial charge < -0.3 is 15.3 Å². The van der Waals surface area contributed by atoms with Gasteiger partial charge in [0.25, 0.3) is 0 Å². The molecule has 0 radical (unpaired) electrons. The normalized spacial score (nSPS) is 17.6. The number of carbonyl (C=O) groups excluding carboxylic acids is 1. The maximum Gasteiger partial charge on any atom is 0.309 e. The van der Waals surface area contributed by atoms with Crippen LogP contribution in [0.2, 0.25) is 0 Å². The Morgan fingerprint density at radius 1 is 1.14 bits per heavy atom. The molecule has 0 aliphatic rings.